The van der Waals surface area contributed by atoms with Gasteiger partial charge in [-0.15, -0.1) is 10.2 Å². The largest absolute Gasteiger partial charge is 0.496 e. The first-order valence-electron chi connectivity index (χ1n) is 13.4. The molecular formula is C29H34N6O2. The molecule has 1 aliphatic heterocycles. The van der Waals surface area contributed by atoms with E-state index < -0.39 is 0 Å². The van der Waals surface area contributed by atoms with Crippen LogP contribution in [0.4, 0.5) is 5.95 Å². The number of hydrogen-bond donors (Lipinski definition) is 0. The third kappa shape index (κ3) is 4.18. The first kappa shape index (κ1) is 23.7. The van der Waals surface area contributed by atoms with Gasteiger partial charge in [-0.1, -0.05) is 43.0 Å². The van der Waals surface area contributed by atoms with Crippen molar-refractivity contribution in [3.05, 3.63) is 59.4 Å². The molecule has 8 heteroatoms. The number of anilines is 1. The monoisotopic (exact) mass is 498 g/mol. The number of carbonyl (C=O) groups is 1. The van der Waals surface area contributed by atoms with Gasteiger partial charge in [-0.3, -0.25) is 4.79 Å². The molecule has 0 unspecified atom stereocenters. The maximum absolute atomic E-state index is 13.5. The zero-order valence-corrected chi connectivity index (χ0v) is 21.9. The molecule has 1 atom stereocenters. The fourth-order valence-electron chi connectivity index (χ4n) is 6.01. The lowest BCUT2D eigenvalue weighted by Crippen LogP contribution is -2.54. The van der Waals surface area contributed by atoms with Crippen molar-refractivity contribution in [2.45, 2.75) is 57.9 Å². The topological polar surface area (TPSA) is 75.9 Å². The van der Waals surface area contributed by atoms with Crippen LogP contribution in [0, 0.1) is 6.92 Å². The van der Waals surface area contributed by atoms with Crippen LogP contribution in [0.15, 0.2) is 42.5 Å². The van der Waals surface area contributed by atoms with Crippen LogP contribution >= 0.6 is 0 Å². The number of para-hydroxylation sites is 1. The zero-order valence-electron chi connectivity index (χ0n) is 21.9. The van der Waals surface area contributed by atoms with Crippen molar-refractivity contribution < 1.29 is 9.53 Å². The highest BCUT2D eigenvalue weighted by molar-refractivity contribution is 5.97. The summed E-state index contributed by atoms with van der Waals surface area (Å²) in [6.07, 6.45) is 6.04. The van der Waals surface area contributed by atoms with Crippen molar-refractivity contribution in [2.75, 3.05) is 31.6 Å². The maximum Gasteiger partial charge on any atom is 0.257 e. The van der Waals surface area contributed by atoms with Crippen LogP contribution in [0.1, 0.15) is 66.7 Å². The van der Waals surface area contributed by atoms with Crippen LogP contribution in [0.3, 0.4) is 0 Å². The van der Waals surface area contributed by atoms with Gasteiger partial charge in [0.15, 0.2) is 5.65 Å². The maximum atomic E-state index is 13.5. The molecule has 1 aliphatic carbocycles. The van der Waals surface area contributed by atoms with Gasteiger partial charge in [-0.05, 0) is 51.0 Å². The van der Waals surface area contributed by atoms with Crippen LogP contribution in [0.5, 0.6) is 5.75 Å². The second-order valence-corrected chi connectivity index (χ2v) is 10.5. The minimum absolute atomic E-state index is 0.00360. The zero-order chi connectivity index (χ0) is 25.5. The van der Waals surface area contributed by atoms with Gasteiger partial charge in [0, 0.05) is 37.0 Å². The molecule has 0 N–H and O–H groups in total. The number of aromatic nitrogens is 4. The van der Waals surface area contributed by atoms with Gasteiger partial charge in [0.05, 0.1) is 18.2 Å². The molecule has 4 aromatic rings. The van der Waals surface area contributed by atoms with Gasteiger partial charge < -0.3 is 14.5 Å². The highest BCUT2D eigenvalue weighted by atomic mass is 16.5. The fraction of sp³-hybridized carbons (Fsp3) is 0.448. The Hall–Kier alpha value is -3.68. The predicted molar refractivity (Wildman–Crippen MR) is 145 cm³/mol. The number of rotatable bonds is 4. The van der Waals surface area contributed by atoms with Crippen molar-refractivity contribution >= 4 is 28.4 Å². The second kappa shape index (κ2) is 9.65. The summed E-state index contributed by atoms with van der Waals surface area (Å²) in [7, 11) is 1.61. The number of methoxy groups -OCH3 is 1. The molecule has 1 saturated carbocycles. The Morgan fingerprint density at radius 2 is 1.84 bits per heavy atom. The van der Waals surface area contributed by atoms with Gasteiger partial charge in [-0.2, -0.15) is 0 Å². The molecule has 192 valence electrons. The summed E-state index contributed by atoms with van der Waals surface area (Å²) >= 11 is 0. The summed E-state index contributed by atoms with van der Waals surface area (Å²) in [5.74, 6) is 2.92. The summed E-state index contributed by atoms with van der Waals surface area (Å²) in [4.78, 5) is 22.9. The van der Waals surface area contributed by atoms with Crippen molar-refractivity contribution in [3.8, 4) is 5.75 Å². The SMILES string of the molecule is COc1ccccc1C(=O)N1CCN(c2nc3ccc(C)cc3c3nnc(C4CCCCC4)n23)C[C@H]1C. The van der Waals surface area contributed by atoms with Crippen molar-refractivity contribution in [1.29, 1.82) is 0 Å². The Bertz CT molecular complexity index is 1460. The first-order chi connectivity index (χ1) is 18.0. The number of nitrogens with zero attached hydrogens (tertiary/aromatic N) is 6. The smallest absolute Gasteiger partial charge is 0.257 e. The summed E-state index contributed by atoms with van der Waals surface area (Å²) in [5, 5.41) is 10.5. The number of piperazine rings is 1. The summed E-state index contributed by atoms with van der Waals surface area (Å²) in [5.41, 5.74) is 3.59. The third-order valence-corrected chi connectivity index (χ3v) is 7.98. The van der Waals surface area contributed by atoms with E-state index in [1.165, 1.54) is 24.8 Å². The van der Waals surface area contributed by atoms with E-state index in [2.05, 4.69) is 41.3 Å². The van der Waals surface area contributed by atoms with Crippen molar-refractivity contribution in [2.24, 2.45) is 0 Å². The van der Waals surface area contributed by atoms with E-state index in [-0.39, 0.29) is 11.9 Å². The van der Waals surface area contributed by atoms with Gasteiger partial charge in [0.1, 0.15) is 11.6 Å². The van der Waals surface area contributed by atoms with E-state index in [1.54, 1.807) is 7.11 Å². The lowest BCUT2D eigenvalue weighted by atomic mass is 9.89. The molecule has 2 aromatic heterocycles. The third-order valence-electron chi connectivity index (χ3n) is 7.98. The Labute approximate surface area is 217 Å². The van der Waals surface area contributed by atoms with E-state index in [0.717, 1.165) is 41.2 Å². The molecule has 2 aliphatic rings. The van der Waals surface area contributed by atoms with E-state index >= 15 is 0 Å². The van der Waals surface area contributed by atoms with E-state index in [9.17, 15) is 4.79 Å². The molecule has 1 saturated heterocycles. The number of ether oxygens (including phenoxy) is 1. The Morgan fingerprint density at radius 3 is 2.62 bits per heavy atom. The standard InChI is InChI=1S/C29H34N6O2/c1-19-13-14-24-23(17-19)27-32-31-26(21-9-5-4-6-10-21)35(27)29(30-24)33-15-16-34(20(2)18-33)28(36)22-11-7-8-12-25(22)37-3/h7-8,11-14,17,20-21H,4-6,9-10,15-16,18H2,1-3H3/t20-/m1/s1. The minimum atomic E-state index is 0.00360. The van der Waals surface area contributed by atoms with Gasteiger partial charge in [0.25, 0.3) is 5.91 Å². The van der Waals surface area contributed by atoms with Gasteiger partial charge in [-0.25, -0.2) is 9.38 Å². The molecular weight excluding hydrogens is 464 g/mol. The van der Waals surface area contributed by atoms with Crippen LogP contribution < -0.4 is 9.64 Å². The quantitative estimate of drug-likeness (QED) is 0.394. The minimum Gasteiger partial charge on any atom is -0.496 e. The number of aryl methyl sites for hydroxylation is 1. The average molecular weight is 499 g/mol. The number of benzene rings is 2. The van der Waals surface area contributed by atoms with Crippen LogP contribution in [-0.2, 0) is 0 Å². The molecule has 0 bridgehead atoms. The molecule has 0 radical (unpaired) electrons. The molecule has 2 aromatic carbocycles. The summed E-state index contributed by atoms with van der Waals surface area (Å²) in [6, 6.07) is 13.8. The number of amides is 1. The summed E-state index contributed by atoms with van der Waals surface area (Å²) < 4.78 is 7.67. The lowest BCUT2D eigenvalue weighted by molar-refractivity contribution is 0.0669. The van der Waals surface area contributed by atoms with Gasteiger partial charge >= 0.3 is 0 Å². The summed E-state index contributed by atoms with van der Waals surface area (Å²) in [6.45, 7) is 6.18. The second-order valence-electron chi connectivity index (χ2n) is 10.5. The van der Waals surface area contributed by atoms with E-state index in [4.69, 9.17) is 19.9 Å². The molecule has 37 heavy (non-hydrogen) atoms. The fourth-order valence-corrected chi connectivity index (χ4v) is 6.01. The molecule has 3 heterocycles. The number of carbonyl (C=O) groups excluding carboxylic acids is 1. The average Bonchev–Trinajstić information content (AvgIpc) is 3.38. The first-order valence-corrected chi connectivity index (χ1v) is 13.4. The predicted octanol–water partition coefficient (Wildman–Crippen LogP) is 4.99. The Balaban J connectivity index is 1.38. The lowest BCUT2D eigenvalue weighted by Gasteiger charge is -2.40. The Morgan fingerprint density at radius 1 is 1.03 bits per heavy atom. The molecule has 0 spiro atoms. The Kier molecular flexibility index (Phi) is 6.18. The van der Waals surface area contributed by atoms with Crippen LogP contribution in [-0.4, -0.2) is 63.2 Å². The highest BCUT2D eigenvalue weighted by Gasteiger charge is 2.32. The molecule has 2 fully saturated rings. The van der Waals surface area contributed by atoms with E-state index in [0.29, 0.717) is 36.9 Å². The number of hydrogen-bond acceptors (Lipinski definition) is 6. The van der Waals surface area contributed by atoms with Gasteiger partial charge in [0.2, 0.25) is 5.95 Å². The van der Waals surface area contributed by atoms with Crippen LogP contribution in [0.2, 0.25) is 0 Å². The normalized spacial score (nSPS) is 19.1. The van der Waals surface area contributed by atoms with Crippen molar-refractivity contribution in [3.63, 3.8) is 0 Å². The highest BCUT2D eigenvalue weighted by Crippen LogP contribution is 2.35. The molecule has 6 rings (SSSR count). The molecule has 1 amide bonds. The van der Waals surface area contributed by atoms with Crippen LogP contribution in [0.25, 0.3) is 16.6 Å². The number of fused-ring (bicyclic) bond motifs is 3. The molecule has 8 nitrogen and oxygen atoms in total. The van der Waals surface area contributed by atoms with E-state index in [1.807, 2.05) is 29.2 Å². The van der Waals surface area contributed by atoms with Crippen molar-refractivity contribution in [1.82, 2.24) is 24.5 Å².